The second-order valence-electron chi connectivity index (χ2n) is 5.84. The molecular weight excluding hydrogens is 354 g/mol. The fourth-order valence-corrected chi connectivity index (χ4v) is 2.91. The predicted octanol–water partition coefficient (Wildman–Crippen LogP) is 2.18. The second-order valence-corrected chi connectivity index (χ2v) is 7.41. The normalized spacial score (nSPS) is 11.8. The first-order chi connectivity index (χ1) is 12.5. The summed E-state index contributed by atoms with van der Waals surface area (Å²) < 4.78 is 37.3. The van der Waals surface area contributed by atoms with Gasteiger partial charge in [0.25, 0.3) is 10.1 Å². The van der Waals surface area contributed by atoms with E-state index >= 15 is 0 Å². The standard InChI is InChI=1S/C19H23NO5S/c21-14-15-25-19-7-5-17(6-8-19)3-4-18-9-12-20(13-10-18)11-1-2-16-26(22,23)24/h3-10,12-13,21H,1-2,11,14-16H2/p+1/b4-3+. The van der Waals surface area contributed by atoms with E-state index in [9.17, 15) is 8.42 Å². The van der Waals surface area contributed by atoms with Crippen LogP contribution >= 0.6 is 0 Å². The van der Waals surface area contributed by atoms with Crippen LogP contribution in [0.25, 0.3) is 12.2 Å². The molecule has 0 unspecified atom stereocenters. The van der Waals surface area contributed by atoms with Crippen molar-refractivity contribution >= 4 is 22.3 Å². The number of aryl methyl sites for hydroxylation is 1. The number of aliphatic hydroxyl groups is 1. The molecule has 7 heteroatoms. The van der Waals surface area contributed by atoms with Crippen LogP contribution in [0.15, 0.2) is 48.8 Å². The van der Waals surface area contributed by atoms with Gasteiger partial charge in [-0.25, -0.2) is 4.57 Å². The lowest BCUT2D eigenvalue weighted by atomic mass is 10.1. The number of ether oxygens (including phenoxy) is 1. The SMILES string of the molecule is O=S(=O)(O)CCCC[n+]1ccc(/C=C/c2ccc(OCCO)cc2)cc1. The molecule has 140 valence electrons. The number of benzene rings is 1. The molecular formula is C19H24NO5S+. The van der Waals surface area contributed by atoms with Gasteiger partial charge >= 0.3 is 0 Å². The van der Waals surface area contributed by atoms with E-state index in [1.807, 2.05) is 65.5 Å². The molecule has 0 bridgehead atoms. The molecule has 0 saturated heterocycles. The molecule has 0 aliphatic carbocycles. The summed E-state index contributed by atoms with van der Waals surface area (Å²) in [5, 5.41) is 8.73. The summed E-state index contributed by atoms with van der Waals surface area (Å²) in [6.45, 7) is 0.986. The van der Waals surface area contributed by atoms with Crippen molar-refractivity contribution in [2.75, 3.05) is 19.0 Å². The van der Waals surface area contributed by atoms with Crippen LogP contribution in [0.2, 0.25) is 0 Å². The third-order valence-electron chi connectivity index (χ3n) is 3.69. The number of nitrogens with zero attached hydrogens (tertiary/aromatic N) is 1. The minimum Gasteiger partial charge on any atom is -0.491 e. The molecule has 2 N–H and O–H groups in total. The molecule has 0 fully saturated rings. The maximum Gasteiger partial charge on any atom is 0.264 e. The first-order valence-electron chi connectivity index (χ1n) is 8.42. The summed E-state index contributed by atoms with van der Waals surface area (Å²) in [6.07, 6.45) is 9.02. The topological polar surface area (TPSA) is 87.7 Å². The molecule has 26 heavy (non-hydrogen) atoms. The smallest absolute Gasteiger partial charge is 0.264 e. The van der Waals surface area contributed by atoms with Crippen molar-refractivity contribution in [2.24, 2.45) is 0 Å². The van der Waals surface area contributed by atoms with Gasteiger partial charge < -0.3 is 9.84 Å². The lowest BCUT2D eigenvalue weighted by molar-refractivity contribution is -0.697. The van der Waals surface area contributed by atoms with E-state index in [1.165, 1.54) is 0 Å². The van der Waals surface area contributed by atoms with E-state index in [0.29, 0.717) is 19.4 Å². The van der Waals surface area contributed by atoms with Crippen molar-refractivity contribution in [1.82, 2.24) is 0 Å². The van der Waals surface area contributed by atoms with Crippen LogP contribution in [-0.4, -0.2) is 37.0 Å². The van der Waals surface area contributed by atoms with Gasteiger partial charge in [-0.3, -0.25) is 4.55 Å². The van der Waals surface area contributed by atoms with Gasteiger partial charge in [0.1, 0.15) is 18.9 Å². The number of aromatic nitrogens is 1. The van der Waals surface area contributed by atoms with Crippen molar-refractivity contribution in [3.8, 4) is 5.75 Å². The molecule has 0 atom stereocenters. The molecule has 1 heterocycles. The van der Waals surface area contributed by atoms with Gasteiger partial charge in [-0.2, -0.15) is 8.42 Å². The lowest BCUT2D eigenvalue weighted by Crippen LogP contribution is -2.32. The van der Waals surface area contributed by atoms with Crippen molar-refractivity contribution in [3.05, 3.63) is 59.9 Å². The Morgan fingerprint density at radius 3 is 2.15 bits per heavy atom. The molecule has 0 aliphatic rings. The second kappa shape index (κ2) is 10.1. The molecule has 0 radical (unpaired) electrons. The summed E-state index contributed by atoms with van der Waals surface area (Å²) in [5.41, 5.74) is 2.10. The van der Waals surface area contributed by atoms with Crippen LogP contribution in [0.4, 0.5) is 0 Å². The summed E-state index contributed by atoms with van der Waals surface area (Å²) >= 11 is 0. The molecule has 0 amide bonds. The number of unbranched alkanes of at least 4 members (excludes halogenated alkanes) is 1. The van der Waals surface area contributed by atoms with Gasteiger partial charge in [-0.15, -0.1) is 0 Å². The van der Waals surface area contributed by atoms with Crippen LogP contribution in [0.1, 0.15) is 24.0 Å². The Morgan fingerprint density at radius 2 is 1.58 bits per heavy atom. The Kier molecular flexibility index (Phi) is 7.77. The molecule has 0 saturated carbocycles. The summed E-state index contributed by atoms with van der Waals surface area (Å²) in [5.74, 6) is 0.532. The fraction of sp³-hybridized carbons (Fsp3) is 0.316. The maximum absolute atomic E-state index is 10.7. The number of aliphatic hydroxyl groups excluding tert-OH is 1. The third-order valence-corrected chi connectivity index (χ3v) is 4.50. The van der Waals surface area contributed by atoms with Crippen LogP contribution in [-0.2, 0) is 16.7 Å². The van der Waals surface area contributed by atoms with E-state index in [-0.39, 0.29) is 19.0 Å². The van der Waals surface area contributed by atoms with Crippen molar-refractivity contribution in [1.29, 1.82) is 0 Å². The Balaban J connectivity index is 1.83. The zero-order valence-electron chi connectivity index (χ0n) is 14.5. The molecule has 1 aromatic carbocycles. The molecule has 0 spiro atoms. The Bertz CT molecular complexity index is 799. The predicted molar refractivity (Wildman–Crippen MR) is 100 cm³/mol. The van der Waals surface area contributed by atoms with Crippen molar-refractivity contribution < 1.29 is 27.4 Å². The summed E-state index contributed by atoms with van der Waals surface area (Å²) in [7, 11) is -3.86. The number of hydrogen-bond acceptors (Lipinski definition) is 4. The molecule has 2 rings (SSSR count). The summed E-state index contributed by atoms with van der Waals surface area (Å²) in [4.78, 5) is 0. The number of rotatable bonds is 10. The van der Waals surface area contributed by atoms with E-state index in [1.54, 1.807) is 0 Å². The zero-order valence-corrected chi connectivity index (χ0v) is 15.3. The number of hydrogen-bond donors (Lipinski definition) is 2. The maximum atomic E-state index is 10.7. The zero-order chi connectivity index (χ0) is 18.8. The van der Waals surface area contributed by atoms with Gasteiger partial charge in [0.05, 0.1) is 12.4 Å². The monoisotopic (exact) mass is 378 g/mol. The highest BCUT2D eigenvalue weighted by molar-refractivity contribution is 7.85. The third kappa shape index (κ3) is 7.77. The Hall–Kier alpha value is -2.22. The Morgan fingerprint density at radius 1 is 0.962 bits per heavy atom. The lowest BCUT2D eigenvalue weighted by Gasteiger charge is -2.03. The Labute approximate surface area is 154 Å². The molecule has 1 aromatic heterocycles. The van der Waals surface area contributed by atoms with Crippen LogP contribution < -0.4 is 9.30 Å². The number of pyridine rings is 1. The largest absolute Gasteiger partial charge is 0.491 e. The quantitative estimate of drug-likeness (QED) is 0.376. The first-order valence-corrected chi connectivity index (χ1v) is 10.0. The van der Waals surface area contributed by atoms with Crippen molar-refractivity contribution in [3.63, 3.8) is 0 Å². The molecule has 2 aromatic rings. The van der Waals surface area contributed by atoms with Crippen molar-refractivity contribution in [2.45, 2.75) is 19.4 Å². The van der Waals surface area contributed by atoms with Crippen LogP contribution in [0.3, 0.4) is 0 Å². The van der Waals surface area contributed by atoms with Crippen LogP contribution in [0.5, 0.6) is 5.75 Å². The van der Waals surface area contributed by atoms with Gasteiger partial charge in [-0.05, 0) is 29.7 Å². The van der Waals surface area contributed by atoms with E-state index in [0.717, 1.165) is 16.9 Å². The van der Waals surface area contributed by atoms with Gasteiger partial charge in [-0.1, -0.05) is 24.3 Å². The van der Waals surface area contributed by atoms with Gasteiger partial charge in [0.15, 0.2) is 12.4 Å². The van der Waals surface area contributed by atoms with Gasteiger partial charge in [0.2, 0.25) is 0 Å². The average molecular weight is 378 g/mol. The van der Waals surface area contributed by atoms with E-state index in [2.05, 4.69) is 0 Å². The highest BCUT2D eigenvalue weighted by atomic mass is 32.2. The van der Waals surface area contributed by atoms with E-state index in [4.69, 9.17) is 14.4 Å². The van der Waals surface area contributed by atoms with Crippen LogP contribution in [0, 0.1) is 0 Å². The highest BCUT2D eigenvalue weighted by Gasteiger charge is 2.05. The molecule has 0 aliphatic heterocycles. The fourth-order valence-electron chi connectivity index (χ4n) is 2.34. The highest BCUT2D eigenvalue weighted by Crippen LogP contribution is 2.14. The first kappa shape index (κ1) is 20.1. The van der Waals surface area contributed by atoms with Gasteiger partial charge in [0, 0.05) is 18.6 Å². The minimum absolute atomic E-state index is 0.00377. The average Bonchev–Trinajstić information content (AvgIpc) is 2.63. The minimum atomic E-state index is -3.86. The van der Waals surface area contributed by atoms with E-state index < -0.39 is 10.1 Å². The summed E-state index contributed by atoms with van der Waals surface area (Å²) in [6, 6.07) is 11.6. The molecule has 6 nitrogen and oxygen atoms in total.